The van der Waals surface area contributed by atoms with Crippen molar-refractivity contribution in [3.8, 4) is 6.07 Å². The molecule has 1 saturated heterocycles. The molecule has 0 aromatic heterocycles. The lowest BCUT2D eigenvalue weighted by Gasteiger charge is -2.45. The van der Waals surface area contributed by atoms with Crippen LogP contribution >= 0.6 is 0 Å². The van der Waals surface area contributed by atoms with Crippen LogP contribution < -0.4 is 0 Å². The number of nitrogens with zero attached hydrogens (tertiary/aromatic N) is 2. The molecule has 0 N–H and O–H groups in total. The second-order valence-corrected chi connectivity index (χ2v) is 4.21. The van der Waals surface area contributed by atoms with E-state index in [0.29, 0.717) is 0 Å². The summed E-state index contributed by atoms with van der Waals surface area (Å²) in [6.07, 6.45) is 4.09. The molecule has 1 rings (SSSR count). The van der Waals surface area contributed by atoms with Crippen molar-refractivity contribution in [3.63, 3.8) is 0 Å². The summed E-state index contributed by atoms with van der Waals surface area (Å²) in [5, 5.41) is 9.01. The van der Waals surface area contributed by atoms with Crippen LogP contribution in [-0.4, -0.2) is 23.5 Å². The van der Waals surface area contributed by atoms with Crippen LogP contribution in [0.4, 0.5) is 0 Å². The van der Waals surface area contributed by atoms with Crippen molar-refractivity contribution < 1.29 is 0 Å². The molecule has 1 unspecified atom stereocenters. The van der Waals surface area contributed by atoms with Crippen LogP contribution in [0.15, 0.2) is 12.7 Å². The lowest BCUT2D eigenvalue weighted by Crippen LogP contribution is -2.52. The molecule has 1 aliphatic heterocycles. The second-order valence-electron chi connectivity index (χ2n) is 4.21. The largest absolute Gasteiger partial charge is 0.293 e. The van der Waals surface area contributed by atoms with Gasteiger partial charge in [0, 0.05) is 12.1 Å². The molecule has 0 aromatic carbocycles. The predicted molar refractivity (Wildman–Crippen MR) is 54.2 cm³/mol. The highest BCUT2D eigenvalue weighted by atomic mass is 15.2. The maximum absolute atomic E-state index is 9.01. The summed E-state index contributed by atoms with van der Waals surface area (Å²) < 4.78 is 0. The second kappa shape index (κ2) is 3.93. The van der Waals surface area contributed by atoms with E-state index in [9.17, 15) is 0 Å². The molecule has 0 radical (unpaired) electrons. The average Bonchev–Trinajstić information content (AvgIpc) is 2.08. The van der Waals surface area contributed by atoms with Gasteiger partial charge in [-0.05, 0) is 33.2 Å². The first-order valence-corrected chi connectivity index (χ1v) is 4.88. The Kier molecular flexibility index (Phi) is 3.11. The van der Waals surface area contributed by atoms with Crippen molar-refractivity contribution in [3.05, 3.63) is 12.7 Å². The summed E-state index contributed by atoms with van der Waals surface area (Å²) in [6, 6.07) is 2.41. The van der Waals surface area contributed by atoms with Gasteiger partial charge in [-0.25, -0.2) is 0 Å². The summed E-state index contributed by atoms with van der Waals surface area (Å²) in [5.41, 5.74) is 0.0151. The summed E-state index contributed by atoms with van der Waals surface area (Å²) in [4.78, 5) is 2.34. The smallest absolute Gasteiger partial charge is 0.0675 e. The van der Waals surface area contributed by atoms with Gasteiger partial charge in [-0.15, -0.1) is 6.58 Å². The van der Waals surface area contributed by atoms with Gasteiger partial charge in [0.05, 0.1) is 12.0 Å². The first-order chi connectivity index (χ1) is 6.12. The van der Waals surface area contributed by atoms with E-state index in [1.807, 2.05) is 6.08 Å². The van der Waals surface area contributed by atoms with Gasteiger partial charge in [0.15, 0.2) is 0 Å². The molecule has 1 heterocycles. The summed E-state index contributed by atoms with van der Waals surface area (Å²) >= 11 is 0. The summed E-state index contributed by atoms with van der Waals surface area (Å²) in [6.45, 7) is 10.0. The Morgan fingerprint density at radius 2 is 2.38 bits per heavy atom. The van der Waals surface area contributed by atoms with Gasteiger partial charge in [-0.3, -0.25) is 4.90 Å². The Morgan fingerprint density at radius 3 is 2.92 bits per heavy atom. The van der Waals surface area contributed by atoms with E-state index < -0.39 is 0 Å². The molecule has 2 heteroatoms. The lowest BCUT2D eigenvalue weighted by atomic mass is 9.80. The van der Waals surface area contributed by atoms with Crippen LogP contribution in [0.25, 0.3) is 0 Å². The topological polar surface area (TPSA) is 27.0 Å². The number of hydrogen-bond donors (Lipinski definition) is 0. The van der Waals surface area contributed by atoms with Gasteiger partial charge < -0.3 is 0 Å². The van der Waals surface area contributed by atoms with Crippen molar-refractivity contribution in [1.29, 1.82) is 5.26 Å². The fourth-order valence-corrected chi connectivity index (χ4v) is 2.05. The van der Waals surface area contributed by atoms with Crippen molar-refractivity contribution in [1.82, 2.24) is 4.90 Å². The van der Waals surface area contributed by atoms with E-state index in [1.165, 1.54) is 0 Å². The first-order valence-electron chi connectivity index (χ1n) is 4.88. The van der Waals surface area contributed by atoms with E-state index in [1.54, 1.807) is 0 Å². The molecule has 0 aliphatic carbocycles. The minimum atomic E-state index is 0.0151. The van der Waals surface area contributed by atoms with Crippen LogP contribution in [-0.2, 0) is 0 Å². The molecule has 0 aromatic rings. The van der Waals surface area contributed by atoms with Gasteiger partial charge in [0.25, 0.3) is 0 Å². The van der Waals surface area contributed by atoms with Gasteiger partial charge >= 0.3 is 0 Å². The van der Waals surface area contributed by atoms with Gasteiger partial charge in [0.1, 0.15) is 0 Å². The van der Waals surface area contributed by atoms with Gasteiger partial charge in [-0.1, -0.05) is 6.08 Å². The minimum Gasteiger partial charge on any atom is -0.293 e. The van der Waals surface area contributed by atoms with Crippen LogP contribution in [0.1, 0.15) is 26.7 Å². The van der Waals surface area contributed by atoms with E-state index >= 15 is 0 Å². The molecule has 1 fully saturated rings. The summed E-state index contributed by atoms with van der Waals surface area (Å²) in [5.74, 6) is 0.168. The fraction of sp³-hybridized carbons (Fsp3) is 0.727. The normalized spacial score (nSPS) is 27.9. The Bertz CT molecular complexity index is 225. The van der Waals surface area contributed by atoms with Crippen LogP contribution in [0.5, 0.6) is 0 Å². The molecule has 72 valence electrons. The highest BCUT2D eigenvalue weighted by Crippen LogP contribution is 2.32. The van der Waals surface area contributed by atoms with E-state index in [-0.39, 0.29) is 11.5 Å². The Labute approximate surface area is 80.8 Å². The van der Waals surface area contributed by atoms with Crippen LogP contribution in [0.2, 0.25) is 0 Å². The maximum atomic E-state index is 9.01. The molecule has 2 nitrogen and oxygen atoms in total. The number of nitriles is 1. The predicted octanol–water partition coefficient (Wildman–Crippen LogP) is 2.19. The number of hydrogen-bond acceptors (Lipinski definition) is 2. The SMILES string of the molecule is C=CCN1CCCC(C#N)C1(C)C. The van der Waals surface area contributed by atoms with E-state index in [4.69, 9.17) is 5.26 Å². The minimum absolute atomic E-state index is 0.0151. The first kappa shape index (κ1) is 10.3. The van der Waals surface area contributed by atoms with Crippen molar-refractivity contribution in [2.24, 2.45) is 5.92 Å². The lowest BCUT2D eigenvalue weighted by molar-refractivity contribution is 0.0569. The van der Waals surface area contributed by atoms with Crippen molar-refractivity contribution >= 4 is 0 Å². The molecule has 0 amide bonds. The van der Waals surface area contributed by atoms with Gasteiger partial charge in [0.2, 0.25) is 0 Å². The Morgan fingerprint density at radius 1 is 1.69 bits per heavy atom. The summed E-state index contributed by atoms with van der Waals surface area (Å²) in [7, 11) is 0. The number of rotatable bonds is 2. The molecule has 0 bridgehead atoms. The zero-order chi connectivity index (χ0) is 9.90. The molecule has 0 spiro atoms. The third-order valence-electron chi connectivity index (χ3n) is 3.09. The fourth-order valence-electron chi connectivity index (χ4n) is 2.05. The highest BCUT2D eigenvalue weighted by Gasteiger charge is 2.37. The molecular formula is C11H18N2. The Balaban J connectivity index is 2.75. The van der Waals surface area contributed by atoms with E-state index in [2.05, 4.69) is 31.4 Å². The van der Waals surface area contributed by atoms with Crippen LogP contribution in [0, 0.1) is 17.2 Å². The van der Waals surface area contributed by atoms with Crippen molar-refractivity contribution in [2.45, 2.75) is 32.2 Å². The molecule has 1 atom stereocenters. The standard InChI is InChI=1S/C11H18N2/c1-4-7-13-8-5-6-10(9-12)11(13,2)3/h4,10H,1,5-8H2,2-3H3. The molecule has 13 heavy (non-hydrogen) atoms. The third-order valence-corrected chi connectivity index (χ3v) is 3.09. The zero-order valence-corrected chi connectivity index (χ0v) is 8.58. The van der Waals surface area contributed by atoms with E-state index in [0.717, 1.165) is 25.9 Å². The van der Waals surface area contributed by atoms with Gasteiger partial charge in [-0.2, -0.15) is 5.26 Å². The molecule has 0 saturated carbocycles. The monoisotopic (exact) mass is 178 g/mol. The quantitative estimate of drug-likeness (QED) is 0.606. The average molecular weight is 178 g/mol. The molecular weight excluding hydrogens is 160 g/mol. The van der Waals surface area contributed by atoms with Crippen molar-refractivity contribution in [2.75, 3.05) is 13.1 Å². The third kappa shape index (κ3) is 1.92. The van der Waals surface area contributed by atoms with Crippen LogP contribution in [0.3, 0.4) is 0 Å². The zero-order valence-electron chi connectivity index (χ0n) is 8.58. The number of likely N-dealkylation sites (tertiary alicyclic amines) is 1. The maximum Gasteiger partial charge on any atom is 0.0675 e. The Hall–Kier alpha value is -0.810. The highest BCUT2D eigenvalue weighted by molar-refractivity contribution is 5.03. The number of piperidine rings is 1. The molecule has 1 aliphatic rings.